The van der Waals surface area contributed by atoms with Gasteiger partial charge in [-0.05, 0) is 71.7 Å². The van der Waals surface area contributed by atoms with Gasteiger partial charge >= 0.3 is 0 Å². The van der Waals surface area contributed by atoms with Crippen LogP contribution < -0.4 is 10.6 Å². The van der Waals surface area contributed by atoms with E-state index < -0.39 is 0 Å². The van der Waals surface area contributed by atoms with Gasteiger partial charge in [-0.2, -0.15) is 0 Å². The highest BCUT2D eigenvalue weighted by Gasteiger charge is 2.15. The fourth-order valence-corrected chi connectivity index (χ4v) is 4.02. The molecule has 0 radical (unpaired) electrons. The third-order valence-corrected chi connectivity index (χ3v) is 6.46. The Hall–Kier alpha value is -3.80. The number of carbonyl (C=O) groups excluding carboxylic acids is 2. The normalized spacial score (nSPS) is 11.5. The van der Waals surface area contributed by atoms with Gasteiger partial charge in [0.2, 0.25) is 5.91 Å². The van der Waals surface area contributed by atoms with Crippen LogP contribution in [0.3, 0.4) is 0 Å². The summed E-state index contributed by atoms with van der Waals surface area (Å²) in [5.41, 5.74) is 3.51. The number of carbonyl (C=O) groups is 2. The molecule has 0 saturated carbocycles. The largest absolute Gasteiger partial charge is 0.457 e. The van der Waals surface area contributed by atoms with Crippen molar-refractivity contribution in [2.75, 3.05) is 10.6 Å². The molecule has 0 atom stereocenters. The monoisotopic (exact) mass is 532 g/mol. The highest BCUT2D eigenvalue weighted by Crippen LogP contribution is 2.34. The molecule has 2 N–H and O–H groups in total. The van der Waals surface area contributed by atoms with Gasteiger partial charge in [0, 0.05) is 28.6 Å². The molecular formula is C30H26Cl2N2O3. The molecule has 0 spiro atoms. The van der Waals surface area contributed by atoms with Gasteiger partial charge in [0.05, 0.1) is 10.0 Å². The molecule has 4 rings (SSSR count). The predicted octanol–water partition coefficient (Wildman–Crippen LogP) is 8.46. The van der Waals surface area contributed by atoms with Crippen molar-refractivity contribution >= 4 is 52.5 Å². The van der Waals surface area contributed by atoms with Crippen LogP contribution in [-0.2, 0) is 10.2 Å². The lowest BCUT2D eigenvalue weighted by atomic mass is 9.87. The molecule has 5 nitrogen and oxygen atoms in total. The van der Waals surface area contributed by atoms with E-state index in [1.54, 1.807) is 60.7 Å². The van der Waals surface area contributed by atoms with E-state index in [1.807, 2.05) is 24.3 Å². The third-order valence-electron chi connectivity index (χ3n) is 5.64. The highest BCUT2D eigenvalue weighted by atomic mass is 35.5. The maximum Gasteiger partial charge on any atom is 0.255 e. The molecule has 3 aromatic carbocycles. The second-order valence-electron chi connectivity index (χ2n) is 9.49. The van der Waals surface area contributed by atoms with E-state index in [0.29, 0.717) is 44.1 Å². The van der Waals surface area contributed by atoms with E-state index in [0.717, 1.165) is 5.56 Å². The molecule has 0 aliphatic carbocycles. The van der Waals surface area contributed by atoms with Crippen molar-refractivity contribution in [3.05, 3.63) is 112 Å². The van der Waals surface area contributed by atoms with Gasteiger partial charge in [0.15, 0.2) is 0 Å². The van der Waals surface area contributed by atoms with Crippen LogP contribution in [0.5, 0.6) is 0 Å². The van der Waals surface area contributed by atoms with E-state index in [9.17, 15) is 9.59 Å². The quantitative estimate of drug-likeness (QED) is 0.244. The Kier molecular flexibility index (Phi) is 7.86. The maximum atomic E-state index is 12.7. The van der Waals surface area contributed by atoms with Crippen molar-refractivity contribution < 1.29 is 14.0 Å². The zero-order chi connectivity index (χ0) is 26.6. The summed E-state index contributed by atoms with van der Waals surface area (Å²) in [5.74, 6) is 0.459. The zero-order valence-electron chi connectivity index (χ0n) is 20.6. The molecule has 0 aliphatic rings. The van der Waals surface area contributed by atoms with Crippen LogP contribution in [0.2, 0.25) is 10.0 Å². The smallest absolute Gasteiger partial charge is 0.255 e. The molecule has 0 saturated heterocycles. The fourth-order valence-electron chi connectivity index (χ4n) is 3.62. The van der Waals surface area contributed by atoms with Crippen LogP contribution in [0.4, 0.5) is 11.4 Å². The summed E-state index contributed by atoms with van der Waals surface area (Å²) in [4.78, 5) is 25.1. The average Bonchev–Trinajstić information content (AvgIpc) is 3.33. The number of furan rings is 1. The summed E-state index contributed by atoms with van der Waals surface area (Å²) >= 11 is 12.3. The number of halogens is 2. The molecule has 4 aromatic rings. The number of anilines is 2. The first-order valence-corrected chi connectivity index (χ1v) is 12.4. The summed E-state index contributed by atoms with van der Waals surface area (Å²) in [5, 5.41) is 6.50. The molecular weight excluding hydrogens is 507 g/mol. The standard InChI is InChI=1S/C30H26Cl2N2O3/c1-30(2,3)20-12-10-19(11-13-20)29(36)34-22-7-4-6-21(18-22)33-27(35)17-15-23-14-16-26(37-23)24-8-5-9-25(31)28(24)32/h4-18H,1-3H3,(H,33,35)(H,34,36). The minimum absolute atomic E-state index is 0.0130. The van der Waals surface area contributed by atoms with Crippen LogP contribution in [0.25, 0.3) is 17.4 Å². The number of hydrogen-bond donors (Lipinski definition) is 2. The van der Waals surface area contributed by atoms with Crippen LogP contribution in [0, 0.1) is 0 Å². The van der Waals surface area contributed by atoms with Gasteiger partial charge in [-0.3, -0.25) is 9.59 Å². The molecule has 7 heteroatoms. The van der Waals surface area contributed by atoms with Gasteiger partial charge in [-0.1, -0.05) is 68.2 Å². The summed E-state index contributed by atoms with van der Waals surface area (Å²) in [6.45, 7) is 6.38. The molecule has 37 heavy (non-hydrogen) atoms. The second kappa shape index (κ2) is 11.1. The van der Waals surface area contributed by atoms with Crippen molar-refractivity contribution in [2.24, 2.45) is 0 Å². The lowest BCUT2D eigenvalue weighted by Crippen LogP contribution is -2.14. The summed E-state index contributed by atoms with van der Waals surface area (Å²) < 4.78 is 5.78. The third kappa shape index (κ3) is 6.70. The van der Waals surface area contributed by atoms with E-state index in [-0.39, 0.29) is 17.2 Å². The minimum atomic E-state index is -0.347. The topological polar surface area (TPSA) is 71.3 Å². The zero-order valence-corrected chi connectivity index (χ0v) is 22.2. The van der Waals surface area contributed by atoms with E-state index >= 15 is 0 Å². The fraction of sp³-hybridized carbons (Fsp3) is 0.133. The van der Waals surface area contributed by atoms with Crippen LogP contribution in [0.15, 0.2) is 89.4 Å². The van der Waals surface area contributed by atoms with Crippen LogP contribution in [-0.4, -0.2) is 11.8 Å². The molecule has 188 valence electrons. The molecule has 0 aliphatic heterocycles. The average molecular weight is 533 g/mol. The van der Waals surface area contributed by atoms with E-state index in [2.05, 4.69) is 31.4 Å². The number of benzene rings is 3. The van der Waals surface area contributed by atoms with Crippen molar-refractivity contribution in [1.82, 2.24) is 0 Å². The molecule has 0 fully saturated rings. The number of rotatable bonds is 6. The van der Waals surface area contributed by atoms with Crippen molar-refractivity contribution in [3.8, 4) is 11.3 Å². The van der Waals surface area contributed by atoms with Gasteiger partial charge in [-0.15, -0.1) is 0 Å². The van der Waals surface area contributed by atoms with Crippen LogP contribution in [0.1, 0.15) is 42.5 Å². The SMILES string of the molecule is CC(C)(C)c1ccc(C(=O)Nc2cccc(NC(=O)C=Cc3ccc(-c4cccc(Cl)c4Cl)o3)c2)cc1. The Labute approximate surface area is 226 Å². The Morgan fingerprint density at radius 2 is 1.51 bits per heavy atom. The summed E-state index contributed by atoms with van der Waals surface area (Å²) in [7, 11) is 0. The highest BCUT2D eigenvalue weighted by molar-refractivity contribution is 6.43. The Morgan fingerprint density at radius 1 is 0.838 bits per heavy atom. The molecule has 0 bridgehead atoms. The first kappa shape index (κ1) is 26.3. The van der Waals surface area contributed by atoms with Gasteiger partial charge < -0.3 is 15.1 Å². The number of nitrogens with one attached hydrogen (secondary N) is 2. The van der Waals surface area contributed by atoms with Gasteiger partial charge in [0.1, 0.15) is 11.5 Å². The molecule has 0 unspecified atom stereocenters. The minimum Gasteiger partial charge on any atom is -0.457 e. The van der Waals surface area contributed by atoms with E-state index in [4.69, 9.17) is 27.6 Å². The van der Waals surface area contributed by atoms with Crippen molar-refractivity contribution in [3.63, 3.8) is 0 Å². The Bertz CT molecular complexity index is 1460. The lowest BCUT2D eigenvalue weighted by Gasteiger charge is -2.19. The first-order valence-electron chi connectivity index (χ1n) is 11.7. The Balaban J connectivity index is 1.37. The molecule has 2 amide bonds. The van der Waals surface area contributed by atoms with Crippen LogP contribution >= 0.6 is 23.2 Å². The maximum absolute atomic E-state index is 12.7. The van der Waals surface area contributed by atoms with Crippen molar-refractivity contribution in [1.29, 1.82) is 0 Å². The molecule has 1 aromatic heterocycles. The summed E-state index contributed by atoms with van der Waals surface area (Å²) in [6, 6.07) is 23.3. The first-order chi connectivity index (χ1) is 17.6. The second-order valence-corrected chi connectivity index (χ2v) is 10.3. The number of hydrogen-bond acceptors (Lipinski definition) is 3. The summed E-state index contributed by atoms with van der Waals surface area (Å²) in [6.07, 6.45) is 2.92. The molecule has 1 heterocycles. The van der Waals surface area contributed by atoms with Crippen molar-refractivity contribution in [2.45, 2.75) is 26.2 Å². The predicted molar refractivity (Wildman–Crippen MR) is 151 cm³/mol. The Morgan fingerprint density at radius 3 is 2.22 bits per heavy atom. The van der Waals surface area contributed by atoms with E-state index in [1.165, 1.54) is 6.08 Å². The van der Waals surface area contributed by atoms with Gasteiger partial charge in [-0.25, -0.2) is 0 Å². The lowest BCUT2D eigenvalue weighted by molar-refractivity contribution is -0.111. The number of amides is 2. The van der Waals surface area contributed by atoms with Gasteiger partial charge in [0.25, 0.3) is 5.91 Å².